The van der Waals surface area contributed by atoms with Crippen LogP contribution < -0.4 is 4.31 Å². The van der Waals surface area contributed by atoms with Gasteiger partial charge in [-0.25, -0.2) is 17.7 Å². The lowest BCUT2D eigenvalue weighted by Crippen LogP contribution is -2.27. The first-order valence-corrected chi connectivity index (χ1v) is 10.6. The van der Waals surface area contributed by atoms with Crippen molar-refractivity contribution >= 4 is 21.4 Å². The van der Waals surface area contributed by atoms with Crippen LogP contribution in [0.5, 0.6) is 0 Å². The minimum absolute atomic E-state index is 0.221. The van der Waals surface area contributed by atoms with E-state index in [1.54, 1.807) is 6.33 Å². The fourth-order valence-electron chi connectivity index (χ4n) is 3.87. The first kappa shape index (κ1) is 16.8. The smallest absolute Gasteiger partial charge is 0.236 e. The highest BCUT2D eigenvalue weighted by atomic mass is 32.2. The Hall–Kier alpha value is -2.60. The van der Waals surface area contributed by atoms with Crippen molar-refractivity contribution in [1.29, 1.82) is 0 Å². The molecule has 0 amide bonds. The van der Waals surface area contributed by atoms with Crippen molar-refractivity contribution in [3.05, 3.63) is 77.9 Å². The minimum Gasteiger partial charge on any atom is -0.348 e. The number of aromatic amines is 1. The van der Waals surface area contributed by atoms with Crippen LogP contribution in [0.2, 0.25) is 0 Å². The third-order valence-corrected chi connectivity index (χ3v) is 5.99. The molecule has 1 aromatic heterocycles. The Morgan fingerprint density at radius 2 is 1.92 bits per heavy atom. The van der Waals surface area contributed by atoms with Gasteiger partial charge in [0, 0.05) is 17.8 Å². The molecule has 1 aliphatic rings. The van der Waals surface area contributed by atoms with E-state index >= 15 is 0 Å². The first-order chi connectivity index (χ1) is 12.6. The molecule has 0 saturated heterocycles. The van der Waals surface area contributed by atoms with E-state index in [0.29, 0.717) is 5.69 Å². The monoisotopic (exact) mass is 367 g/mol. The Kier molecular flexibility index (Phi) is 4.28. The molecule has 5 nitrogen and oxygen atoms in total. The fourth-order valence-corrected chi connectivity index (χ4v) is 4.91. The van der Waals surface area contributed by atoms with Crippen LogP contribution in [0.25, 0.3) is 0 Å². The maximum atomic E-state index is 12.6. The first-order valence-electron chi connectivity index (χ1n) is 8.71. The van der Waals surface area contributed by atoms with Crippen LogP contribution in [0.4, 0.5) is 11.4 Å². The molecule has 1 aliphatic carbocycles. The van der Waals surface area contributed by atoms with E-state index in [4.69, 9.17) is 0 Å². The van der Waals surface area contributed by atoms with Crippen LogP contribution in [-0.4, -0.2) is 24.6 Å². The van der Waals surface area contributed by atoms with Crippen LogP contribution in [-0.2, 0) is 16.4 Å². The number of fused-ring (bicyclic) bond motifs is 1. The molecule has 0 radical (unpaired) electrons. The van der Waals surface area contributed by atoms with Gasteiger partial charge in [-0.1, -0.05) is 30.3 Å². The summed E-state index contributed by atoms with van der Waals surface area (Å²) in [4.78, 5) is 7.37. The van der Waals surface area contributed by atoms with Crippen LogP contribution in [0.15, 0.2) is 61.1 Å². The highest BCUT2D eigenvalue weighted by molar-refractivity contribution is 7.92. The number of H-pyrrole nitrogens is 1. The topological polar surface area (TPSA) is 66.1 Å². The van der Waals surface area contributed by atoms with Gasteiger partial charge in [-0.2, -0.15) is 0 Å². The zero-order valence-electron chi connectivity index (χ0n) is 14.6. The number of para-hydroxylation sites is 1. The van der Waals surface area contributed by atoms with Gasteiger partial charge in [0.05, 0.1) is 24.0 Å². The molecule has 6 heteroatoms. The van der Waals surface area contributed by atoms with E-state index in [9.17, 15) is 8.42 Å². The molecule has 134 valence electrons. The van der Waals surface area contributed by atoms with Gasteiger partial charge in [0.25, 0.3) is 0 Å². The molecular formula is C20H21N3O2S. The average molecular weight is 367 g/mol. The van der Waals surface area contributed by atoms with Crippen molar-refractivity contribution in [1.82, 2.24) is 9.97 Å². The van der Waals surface area contributed by atoms with E-state index < -0.39 is 10.0 Å². The Balaban J connectivity index is 1.88. The summed E-state index contributed by atoms with van der Waals surface area (Å²) in [5, 5.41) is 0. The second kappa shape index (κ2) is 6.61. The van der Waals surface area contributed by atoms with Gasteiger partial charge < -0.3 is 4.98 Å². The van der Waals surface area contributed by atoms with Crippen molar-refractivity contribution in [2.45, 2.75) is 25.2 Å². The summed E-state index contributed by atoms with van der Waals surface area (Å²) in [6.45, 7) is 0. The highest BCUT2D eigenvalue weighted by Gasteiger charge is 2.29. The molecule has 1 N–H and O–H groups in total. The molecule has 3 aromatic rings. The molecule has 0 saturated carbocycles. The summed E-state index contributed by atoms with van der Waals surface area (Å²) in [5.74, 6) is 0.221. The number of nitrogens with zero attached hydrogens (tertiary/aromatic N) is 2. The predicted molar refractivity (Wildman–Crippen MR) is 103 cm³/mol. The molecule has 2 aromatic carbocycles. The zero-order chi connectivity index (χ0) is 18.1. The molecule has 0 aliphatic heterocycles. The second-order valence-electron chi connectivity index (χ2n) is 6.66. The molecule has 0 spiro atoms. The Morgan fingerprint density at radius 1 is 1.12 bits per heavy atom. The van der Waals surface area contributed by atoms with Crippen LogP contribution >= 0.6 is 0 Å². The van der Waals surface area contributed by atoms with E-state index in [2.05, 4.69) is 16.0 Å². The normalized spacial score (nSPS) is 16.9. The highest BCUT2D eigenvalue weighted by Crippen LogP contribution is 2.42. The SMILES string of the molecule is CS(=O)(=O)N(c1ccccc1)c1cccc2c1CCCC2c1cnc[nH]1. The predicted octanol–water partition coefficient (Wildman–Crippen LogP) is 3.98. The Labute approximate surface area is 153 Å². The largest absolute Gasteiger partial charge is 0.348 e. The van der Waals surface area contributed by atoms with Crippen LogP contribution in [0.3, 0.4) is 0 Å². The van der Waals surface area contributed by atoms with E-state index in [0.717, 1.165) is 36.2 Å². The molecule has 1 atom stereocenters. The lowest BCUT2D eigenvalue weighted by molar-refractivity contribution is 0.598. The van der Waals surface area contributed by atoms with Gasteiger partial charge in [0.2, 0.25) is 10.0 Å². The van der Waals surface area contributed by atoms with Crippen molar-refractivity contribution in [3.8, 4) is 0 Å². The van der Waals surface area contributed by atoms with Crippen molar-refractivity contribution < 1.29 is 8.42 Å². The van der Waals surface area contributed by atoms with E-state index in [1.165, 1.54) is 16.1 Å². The molecule has 1 unspecified atom stereocenters. The average Bonchev–Trinajstić information content (AvgIpc) is 3.16. The van der Waals surface area contributed by atoms with Gasteiger partial charge >= 0.3 is 0 Å². The number of benzene rings is 2. The minimum atomic E-state index is -3.46. The fraction of sp³-hybridized carbons (Fsp3) is 0.250. The number of sulfonamides is 1. The number of aromatic nitrogens is 2. The number of imidazole rings is 1. The van der Waals surface area contributed by atoms with Crippen molar-refractivity contribution in [3.63, 3.8) is 0 Å². The second-order valence-corrected chi connectivity index (χ2v) is 8.49. The van der Waals surface area contributed by atoms with Gasteiger partial charge in [-0.3, -0.25) is 0 Å². The summed E-state index contributed by atoms with van der Waals surface area (Å²) in [5.41, 5.74) is 4.77. The molecule has 26 heavy (non-hydrogen) atoms. The van der Waals surface area contributed by atoms with Gasteiger partial charge in [-0.15, -0.1) is 0 Å². The van der Waals surface area contributed by atoms with Crippen LogP contribution in [0, 0.1) is 0 Å². The summed E-state index contributed by atoms with van der Waals surface area (Å²) in [6.07, 6.45) is 7.73. The standard InChI is InChI=1S/C20H21N3O2S/c1-26(24,25)23(15-7-3-2-4-8-15)20-12-6-9-16-17(10-5-11-18(16)20)19-13-21-14-22-19/h2-4,6-9,12-14,17H,5,10-11H2,1H3,(H,21,22). The van der Waals surface area contributed by atoms with Gasteiger partial charge in [-0.05, 0) is 48.6 Å². The zero-order valence-corrected chi connectivity index (χ0v) is 15.4. The Morgan fingerprint density at radius 3 is 2.62 bits per heavy atom. The summed E-state index contributed by atoms with van der Waals surface area (Å²) in [7, 11) is -3.46. The number of rotatable bonds is 4. The lowest BCUT2D eigenvalue weighted by atomic mass is 9.80. The number of nitrogens with one attached hydrogen (secondary N) is 1. The quantitative estimate of drug-likeness (QED) is 0.759. The van der Waals surface area contributed by atoms with Crippen LogP contribution in [0.1, 0.15) is 35.6 Å². The number of anilines is 2. The van der Waals surface area contributed by atoms with Gasteiger partial charge in [0.15, 0.2) is 0 Å². The van der Waals surface area contributed by atoms with E-state index in [1.807, 2.05) is 48.7 Å². The maximum absolute atomic E-state index is 12.6. The Bertz CT molecular complexity index is 999. The number of hydrogen-bond donors (Lipinski definition) is 1. The molecule has 0 bridgehead atoms. The van der Waals surface area contributed by atoms with Gasteiger partial charge in [0.1, 0.15) is 0 Å². The maximum Gasteiger partial charge on any atom is 0.236 e. The lowest BCUT2D eigenvalue weighted by Gasteiger charge is -2.31. The van der Waals surface area contributed by atoms with Crippen molar-refractivity contribution in [2.24, 2.45) is 0 Å². The molecular weight excluding hydrogens is 346 g/mol. The summed E-state index contributed by atoms with van der Waals surface area (Å²) in [6, 6.07) is 15.2. The van der Waals surface area contributed by atoms with Crippen molar-refractivity contribution in [2.75, 3.05) is 10.6 Å². The summed E-state index contributed by atoms with van der Waals surface area (Å²) >= 11 is 0. The summed E-state index contributed by atoms with van der Waals surface area (Å²) < 4.78 is 26.7. The van der Waals surface area contributed by atoms with E-state index in [-0.39, 0.29) is 5.92 Å². The molecule has 0 fully saturated rings. The third-order valence-electron chi connectivity index (χ3n) is 4.92. The third kappa shape index (κ3) is 3.01. The molecule has 4 rings (SSSR count). The number of hydrogen-bond acceptors (Lipinski definition) is 3. The molecule has 1 heterocycles.